The fourth-order valence-electron chi connectivity index (χ4n) is 3.57. The van der Waals surface area contributed by atoms with Gasteiger partial charge in [-0.25, -0.2) is 4.39 Å². The van der Waals surface area contributed by atoms with E-state index in [2.05, 4.69) is 20.1 Å². The Morgan fingerprint density at radius 1 is 1.19 bits per heavy atom. The van der Waals surface area contributed by atoms with Crippen LogP contribution in [-0.4, -0.2) is 51.8 Å². The molecule has 2 aliphatic rings. The predicted molar refractivity (Wildman–Crippen MR) is 99.4 cm³/mol. The molecule has 0 atom stereocenters. The second-order valence-corrected chi connectivity index (χ2v) is 6.70. The smallest absolute Gasteiger partial charge is 0.260 e. The highest BCUT2D eigenvalue weighted by Crippen LogP contribution is 2.28. The molecule has 1 amide bonds. The number of fused-ring (bicyclic) bond motifs is 1. The molecule has 2 aliphatic heterocycles. The van der Waals surface area contributed by atoms with Gasteiger partial charge in [0.05, 0.1) is 6.54 Å². The summed E-state index contributed by atoms with van der Waals surface area (Å²) >= 11 is 0. The number of hydrogen-bond acceptors (Lipinski definition) is 5. The van der Waals surface area contributed by atoms with Gasteiger partial charge < -0.3 is 19.5 Å². The van der Waals surface area contributed by atoms with Gasteiger partial charge in [0.1, 0.15) is 23.2 Å². The minimum absolute atomic E-state index is 0. The molecule has 1 aromatic carbocycles. The maximum Gasteiger partial charge on any atom is 0.260 e. The van der Waals surface area contributed by atoms with E-state index in [1.807, 2.05) is 4.90 Å². The van der Waals surface area contributed by atoms with Gasteiger partial charge in [0.25, 0.3) is 5.91 Å². The van der Waals surface area contributed by atoms with E-state index in [9.17, 15) is 9.18 Å². The molecule has 1 aromatic heterocycles. The molecular formula is C18H23ClFN5O2. The van der Waals surface area contributed by atoms with Crippen molar-refractivity contribution in [2.24, 2.45) is 0 Å². The number of carbonyl (C=O) groups is 1. The highest BCUT2D eigenvalue weighted by atomic mass is 35.5. The van der Waals surface area contributed by atoms with Crippen molar-refractivity contribution in [1.82, 2.24) is 25.0 Å². The summed E-state index contributed by atoms with van der Waals surface area (Å²) in [6.07, 6.45) is 1.77. The fraction of sp³-hybridized carbons (Fsp3) is 0.500. The van der Waals surface area contributed by atoms with E-state index in [-0.39, 0.29) is 30.7 Å². The number of piperidine rings is 1. The van der Waals surface area contributed by atoms with E-state index in [0.717, 1.165) is 44.1 Å². The van der Waals surface area contributed by atoms with Gasteiger partial charge in [0.15, 0.2) is 6.61 Å². The number of nitrogens with zero attached hydrogens (tertiary/aromatic N) is 4. The second-order valence-electron chi connectivity index (χ2n) is 6.70. The number of benzene rings is 1. The monoisotopic (exact) mass is 395 g/mol. The van der Waals surface area contributed by atoms with Crippen molar-refractivity contribution < 1.29 is 13.9 Å². The summed E-state index contributed by atoms with van der Waals surface area (Å²) in [7, 11) is 0. The largest absolute Gasteiger partial charge is 0.484 e. The third kappa shape index (κ3) is 4.39. The Labute approximate surface area is 163 Å². The molecule has 7 nitrogen and oxygen atoms in total. The Kier molecular flexibility index (Phi) is 6.28. The molecule has 0 radical (unpaired) electrons. The number of halogens is 2. The zero-order chi connectivity index (χ0) is 17.9. The SMILES string of the molecule is Cl.O=C(COc1ccc(F)cc1)N1CCC(c2nnc3n2CCNC3)CC1. The normalized spacial score (nSPS) is 17.1. The Bertz CT molecular complexity index is 775. The van der Waals surface area contributed by atoms with Gasteiger partial charge in [0, 0.05) is 32.1 Å². The Morgan fingerprint density at radius 2 is 1.93 bits per heavy atom. The highest BCUT2D eigenvalue weighted by molar-refractivity contribution is 5.85. The summed E-state index contributed by atoms with van der Waals surface area (Å²) in [5.74, 6) is 2.53. The van der Waals surface area contributed by atoms with Crippen molar-refractivity contribution in [3.05, 3.63) is 41.7 Å². The average Bonchev–Trinajstić information content (AvgIpc) is 3.11. The zero-order valence-electron chi connectivity index (χ0n) is 14.9. The molecule has 1 fully saturated rings. The van der Waals surface area contributed by atoms with E-state index in [1.54, 1.807) is 0 Å². The van der Waals surface area contributed by atoms with Crippen LogP contribution in [0.5, 0.6) is 5.75 Å². The summed E-state index contributed by atoms with van der Waals surface area (Å²) in [5, 5.41) is 12.0. The number of likely N-dealkylation sites (tertiary alicyclic amines) is 1. The maximum absolute atomic E-state index is 12.9. The van der Waals surface area contributed by atoms with Crippen molar-refractivity contribution in [2.75, 3.05) is 26.2 Å². The summed E-state index contributed by atoms with van der Waals surface area (Å²) in [5.41, 5.74) is 0. The lowest BCUT2D eigenvalue weighted by atomic mass is 9.95. The first-order valence-electron chi connectivity index (χ1n) is 8.99. The van der Waals surface area contributed by atoms with E-state index in [4.69, 9.17) is 4.74 Å². The number of amides is 1. The standard InChI is InChI=1S/C18H22FN5O2.ClH/c19-14-1-3-15(4-2-14)26-12-17(25)23-8-5-13(6-9-23)18-22-21-16-11-20-7-10-24(16)18;/h1-4,13,20H,5-12H2;1H. The third-order valence-electron chi connectivity index (χ3n) is 5.04. The van der Waals surface area contributed by atoms with Crippen LogP contribution in [0.25, 0.3) is 0 Å². The molecule has 3 heterocycles. The van der Waals surface area contributed by atoms with Crippen LogP contribution in [0.15, 0.2) is 24.3 Å². The number of aromatic nitrogens is 3. The van der Waals surface area contributed by atoms with E-state index >= 15 is 0 Å². The molecule has 0 unspecified atom stereocenters. The van der Waals surface area contributed by atoms with Crippen LogP contribution in [0.4, 0.5) is 4.39 Å². The van der Waals surface area contributed by atoms with Crippen molar-refractivity contribution in [1.29, 1.82) is 0 Å². The lowest BCUT2D eigenvalue weighted by Crippen LogP contribution is -2.41. The summed E-state index contributed by atoms with van der Waals surface area (Å²) in [4.78, 5) is 14.2. The summed E-state index contributed by atoms with van der Waals surface area (Å²) in [6, 6.07) is 5.69. The van der Waals surface area contributed by atoms with Crippen LogP contribution in [0.1, 0.15) is 30.4 Å². The molecule has 1 N–H and O–H groups in total. The summed E-state index contributed by atoms with van der Waals surface area (Å²) in [6.45, 7) is 3.97. The van der Waals surface area contributed by atoms with Crippen LogP contribution >= 0.6 is 12.4 Å². The van der Waals surface area contributed by atoms with Crippen LogP contribution in [0.2, 0.25) is 0 Å². The average molecular weight is 396 g/mol. The van der Waals surface area contributed by atoms with Gasteiger partial charge in [-0.05, 0) is 37.1 Å². The number of rotatable bonds is 4. The second kappa shape index (κ2) is 8.67. The minimum atomic E-state index is -0.322. The van der Waals surface area contributed by atoms with Crippen molar-refractivity contribution in [3.63, 3.8) is 0 Å². The molecule has 1 saturated heterocycles. The van der Waals surface area contributed by atoms with Gasteiger partial charge >= 0.3 is 0 Å². The van der Waals surface area contributed by atoms with Gasteiger partial charge in [-0.3, -0.25) is 4.79 Å². The molecule has 146 valence electrons. The maximum atomic E-state index is 12.9. The van der Waals surface area contributed by atoms with Crippen LogP contribution < -0.4 is 10.1 Å². The van der Waals surface area contributed by atoms with Crippen LogP contribution in [-0.2, 0) is 17.9 Å². The fourth-order valence-corrected chi connectivity index (χ4v) is 3.57. The highest BCUT2D eigenvalue weighted by Gasteiger charge is 2.28. The Balaban J connectivity index is 0.00000210. The van der Waals surface area contributed by atoms with Gasteiger partial charge in [0.2, 0.25) is 0 Å². The van der Waals surface area contributed by atoms with Crippen molar-refractivity contribution in [2.45, 2.75) is 31.8 Å². The zero-order valence-corrected chi connectivity index (χ0v) is 15.8. The molecule has 0 saturated carbocycles. The Morgan fingerprint density at radius 3 is 2.67 bits per heavy atom. The molecule has 27 heavy (non-hydrogen) atoms. The lowest BCUT2D eigenvalue weighted by molar-refractivity contribution is -0.134. The van der Waals surface area contributed by atoms with E-state index in [0.29, 0.717) is 24.8 Å². The third-order valence-corrected chi connectivity index (χ3v) is 5.04. The first-order chi connectivity index (χ1) is 12.7. The molecular weight excluding hydrogens is 373 g/mol. The number of carbonyl (C=O) groups excluding carboxylic acids is 1. The molecule has 0 aliphatic carbocycles. The van der Waals surface area contributed by atoms with Crippen LogP contribution in [0.3, 0.4) is 0 Å². The molecule has 4 rings (SSSR count). The first-order valence-corrected chi connectivity index (χ1v) is 8.99. The lowest BCUT2D eigenvalue weighted by Gasteiger charge is -2.32. The number of ether oxygens (including phenoxy) is 1. The van der Waals surface area contributed by atoms with Gasteiger partial charge in [-0.15, -0.1) is 22.6 Å². The van der Waals surface area contributed by atoms with Gasteiger partial charge in [-0.2, -0.15) is 0 Å². The molecule has 0 bridgehead atoms. The topological polar surface area (TPSA) is 72.3 Å². The molecule has 2 aromatic rings. The first kappa shape index (κ1) is 19.6. The molecule has 0 spiro atoms. The minimum Gasteiger partial charge on any atom is -0.484 e. The van der Waals surface area contributed by atoms with Crippen LogP contribution in [0, 0.1) is 5.82 Å². The summed E-state index contributed by atoms with van der Waals surface area (Å²) < 4.78 is 20.6. The van der Waals surface area contributed by atoms with Crippen molar-refractivity contribution in [3.8, 4) is 5.75 Å². The molecule has 9 heteroatoms. The Hall–Kier alpha value is -2.19. The van der Waals surface area contributed by atoms with E-state index in [1.165, 1.54) is 24.3 Å². The van der Waals surface area contributed by atoms with E-state index < -0.39 is 0 Å². The van der Waals surface area contributed by atoms with Crippen molar-refractivity contribution >= 4 is 18.3 Å². The number of nitrogens with one attached hydrogen (secondary N) is 1. The van der Waals surface area contributed by atoms with Gasteiger partial charge in [-0.1, -0.05) is 0 Å². The predicted octanol–water partition coefficient (Wildman–Crippen LogP) is 1.73. The number of hydrogen-bond donors (Lipinski definition) is 1. The quantitative estimate of drug-likeness (QED) is 0.853.